The van der Waals surface area contributed by atoms with Crippen molar-refractivity contribution in [2.75, 3.05) is 12.9 Å². The van der Waals surface area contributed by atoms with Gasteiger partial charge in [-0.15, -0.1) is 0 Å². The second-order valence-electron chi connectivity index (χ2n) is 4.20. The van der Waals surface area contributed by atoms with Gasteiger partial charge in [-0.05, 0) is 24.1 Å². The van der Waals surface area contributed by atoms with E-state index in [4.69, 9.17) is 10.5 Å². The molecule has 0 radical (unpaired) electrons. The highest BCUT2D eigenvalue weighted by Crippen LogP contribution is 2.24. The van der Waals surface area contributed by atoms with Crippen LogP contribution < -0.4 is 10.5 Å². The van der Waals surface area contributed by atoms with Crippen molar-refractivity contribution in [2.45, 2.75) is 31.6 Å². The minimum Gasteiger partial charge on any atom is -0.497 e. The summed E-state index contributed by atoms with van der Waals surface area (Å²) in [5.41, 5.74) is 6.90. The van der Waals surface area contributed by atoms with E-state index in [2.05, 4.69) is 0 Å². The topological polar surface area (TPSA) is 69.4 Å². The minimum atomic E-state index is -3.13. The molecule has 1 aromatic rings. The molecule has 0 aromatic heterocycles. The third kappa shape index (κ3) is 3.23. The molecule has 2 atom stereocenters. The molecule has 5 heteroatoms. The highest BCUT2D eigenvalue weighted by molar-refractivity contribution is 7.92. The lowest BCUT2D eigenvalue weighted by atomic mass is 10.0. The number of rotatable bonds is 6. The van der Waals surface area contributed by atoms with E-state index < -0.39 is 21.1 Å². The fourth-order valence-electron chi connectivity index (χ4n) is 1.99. The number of hydrogen-bond acceptors (Lipinski definition) is 4. The van der Waals surface area contributed by atoms with Gasteiger partial charge in [0.2, 0.25) is 0 Å². The van der Waals surface area contributed by atoms with Gasteiger partial charge in [-0.2, -0.15) is 0 Å². The fraction of sp³-hybridized carbons (Fsp3) is 0.538. The standard InChI is InChI=1S/C13H21NO3S/c1-4-12(18(15,16)5-2)13(14)10-6-8-11(17-3)9-7-10/h6-9,12-13H,4-5,14H2,1-3H3. The van der Waals surface area contributed by atoms with Gasteiger partial charge in [-0.1, -0.05) is 26.0 Å². The lowest BCUT2D eigenvalue weighted by Crippen LogP contribution is -2.34. The largest absolute Gasteiger partial charge is 0.497 e. The Kier molecular flexibility index (Phi) is 5.16. The molecule has 0 saturated carbocycles. The van der Waals surface area contributed by atoms with E-state index in [9.17, 15) is 8.42 Å². The zero-order valence-electron chi connectivity index (χ0n) is 11.1. The number of methoxy groups -OCH3 is 1. The van der Waals surface area contributed by atoms with Crippen LogP contribution in [-0.2, 0) is 9.84 Å². The first kappa shape index (κ1) is 15.0. The zero-order valence-corrected chi connectivity index (χ0v) is 11.9. The van der Waals surface area contributed by atoms with Crippen LogP contribution in [0, 0.1) is 0 Å². The molecule has 0 amide bonds. The first-order chi connectivity index (χ1) is 8.46. The van der Waals surface area contributed by atoms with Crippen LogP contribution in [-0.4, -0.2) is 26.5 Å². The summed E-state index contributed by atoms with van der Waals surface area (Å²) in [6, 6.07) is 6.72. The third-order valence-corrected chi connectivity index (χ3v) is 5.52. The van der Waals surface area contributed by atoms with Crippen molar-refractivity contribution in [1.29, 1.82) is 0 Å². The molecule has 0 fully saturated rings. The Balaban J connectivity index is 3.00. The van der Waals surface area contributed by atoms with E-state index in [1.807, 2.05) is 19.1 Å². The van der Waals surface area contributed by atoms with Crippen molar-refractivity contribution >= 4 is 9.84 Å². The molecular formula is C13H21NO3S. The molecular weight excluding hydrogens is 250 g/mol. The Bertz CT molecular complexity index is 468. The van der Waals surface area contributed by atoms with Gasteiger partial charge in [0.25, 0.3) is 0 Å². The zero-order chi connectivity index (χ0) is 13.8. The lowest BCUT2D eigenvalue weighted by molar-refractivity contribution is 0.414. The summed E-state index contributed by atoms with van der Waals surface area (Å²) in [5, 5.41) is -0.532. The third-order valence-electron chi connectivity index (χ3n) is 3.17. The van der Waals surface area contributed by atoms with Crippen LogP contribution in [0.5, 0.6) is 5.75 Å². The molecule has 1 rings (SSSR count). The molecule has 0 bridgehead atoms. The quantitative estimate of drug-likeness (QED) is 0.858. The Labute approximate surface area is 109 Å². The van der Waals surface area contributed by atoms with E-state index in [1.165, 1.54) is 0 Å². The van der Waals surface area contributed by atoms with Gasteiger partial charge >= 0.3 is 0 Å². The smallest absolute Gasteiger partial charge is 0.154 e. The number of nitrogens with two attached hydrogens (primary N) is 1. The van der Waals surface area contributed by atoms with Gasteiger partial charge in [0.1, 0.15) is 5.75 Å². The SMILES string of the molecule is CCC(C(N)c1ccc(OC)cc1)S(=O)(=O)CC. The van der Waals surface area contributed by atoms with Crippen LogP contribution in [0.3, 0.4) is 0 Å². The maximum atomic E-state index is 12.0. The van der Waals surface area contributed by atoms with Crippen LogP contribution in [0.25, 0.3) is 0 Å². The van der Waals surface area contributed by atoms with Gasteiger partial charge in [0.05, 0.1) is 12.4 Å². The van der Waals surface area contributed by atoms with Crippen molar-refractivity contribution in [3.63, 3.8) is 0 Å². The molecule has 2 unspecified atom stereocenters. The molecule has 0 spiro atoms. The average molecular weight is 271 g/mol. The van der Waals surface area contributed by atoms with Crippen molar-refractivity contribution < 1.29 is 13.2 Å². The predicted octanol–water partition coefficient (Wildman–Crippen LogP) is 1.91. The van der Waals surface area contributed by atoms with E-state index >= 15 is 0 Å². The first-order valence-electron chi connectivity index (χ1n) is 6.07. The summed E-state index contributed by atoms with van der Waals surface area (Å²) in [6.07, 6.45) is 0.517. The summed E-state index contributed by atoms with van der Waals surface area (Å²) in [4.78, 5) is 0. The number of sulfone groups is 1. The molecule has 0 aliphatic rings. The van der Waals surface area contributed by atoms with Gasteiger partial charge in [-0.3, -0.25) is 0 Å². The molecule has 1 aromatic carbocycles. The molecule has 18 heavy (non-hydrogen) atoms. The molecule has 102 valence electrons. The predicted molar refractivity (Wildman–Crippen MR) is 73.5 cm³/mol. The monoisotopic (exact) mass is 271 g/mol. The Morgan fingerprint density at radius 3 is 2.17 bits per heavy atom. The van der Waals surface area contributed by atoms with E-state index in [0.717, 1.165) is 11.3 Å². The summed E-state index contributed by atoms with van der Waals surface area (Å²) in [7, 11) is -1.54. The average Bonchev–Trinajstić information content (AvgIpc) is 2.39. The highest BCUT2D eigenvalue weighted by atomic mass is 32.2. The van der Waals surface area contributed by atoms with Gasteiger partial charge < -0.3 is 10.5 Å². The van der Waals surface area contributed by atoms with E-state index in [0.29, 0.717) is 6.42 Å². The molecule has 0 saturated heterocycles. The van der Waals surface area contributed by atoms with Crippen LogP contribution >= 0.6 is 0 Å². The summed E-state index contributed by atoms with van der Waals surface area (Å²) < 4.78 is 29.0. The minimum absolute atomic E-state index is 0.120. The number of hydrogen-bond donors (Lipinski definition) is 1. The first-order valence-corrected chi connectivity index (χ1v) is 7.78. The second-order valence-corrected chi connectivity index (χ2v) is 6.71. The van der Waals surface area contributed by atoms with Gasteiger partial charge in [-0.25, -0.2) is 8.42 Å². The lowest BCUT2D eigenvalue weighted by Gasteiger charge is -2.22. The molecule has 0 heterocycles. The highest BCUT2D eigenvalue weighted by Gasteiger charge is 2.29. The van der Waals surface area contributed by atoms with E-state index in [-0.39, 0.29) is 5.75 Å². The number of benzene rings is 1. The van der Waals surface area contributed by atoms with Crippen LogP contribution in [0.1, 0.15) is 31.9 Å². The maximum absolute atomic E-state index is 12.0. The second kappa shape index (κ2) is 6.20. The Morgan fingerprint density at radius 1 is 1.22 bits per heavy atom. The molecule has 0 aliphatic carbocycles. The van der Waals surface area contributed by atoms with Crippen LogP contribution in [0.15, 0.2) is 24.3 Å². The van der Waals surface area contributed by atoms with Crippen molar-refractivity contribution in [3.8, 4) is 5.75 Å². The molecule has 2 N–H and O–H groups in total. The van der Waals surface area contributed by atoms with E-state index in [1.54, 1.807) is 26.2 Å². The summed E-state index contributed by atoms with van der Waals surface area (Å²) >= 11 is 0. The number of ether oxygens (including phenoxy) is 1. The normalized spacial score (nSPS) is 15.1. The molecule has 4 nitrogen and oxygen atoms in total. The van der Waals surface area contributed by atoms with Crippen molar-refractivity contribution in [1.82, 2.24) is 0 Å². The van der Waals surface area contributed by atoms with Crippen LogP contribution in [0.2, 0.25) is 0 Å². The Hall–Kier alpha value is -1.07. The van der Waals surface area contributed by atoms with Gasteiger partial charge in [0, 0.05) is 11.8 Å². The van der Waals surface area contributed by atoms with Crippen LogP contribution in [0.4, 0.5) is 0 Å². The summed E-state index contributed by atoms with van der Waals surface area (Å²) in [5.74, 6) is 0.854. The van der Waals surface area contributed by atoms with Crippen molar-refractivity contribution in [2.24, 2.45) is 5.73 Å². The maximum Gasteiger partial charge on any atom is 0.154 e. The molecule has 0 aliphatic heterocycles. The van der Waals surface area contributed by atoms with Gasteiger partial charge in [0.15, 0.2) is 9.84 Å². The van der Waals surface area contributed by atoms with Crippen molar-refractivity contribution in [3.05, 3.63) is 29.8 Å². The fourth-order valence-corrected chi connectivity index (χ4v) is 3.53. The Morgan fingerprint density at radius 2 is 1.78 bits per heavy atom. The summed E-state index contributed by atoms with van der Waals surface area (Å²) in [6.45, 7) is 3.50.